The molecular formula is C28H25N5. The van der Waals surface area contributed by atoms with E-state index in [1.165, 1.54) is 18.4 Å². The lowest BCUT2D eigenvalue weighted by Crippen LogP contribution is -2.19. The number of aromatic nitrogens is 4. The second kappa shape index (κ2) is 8.26. The summed E-state index contributed by atoms with van der Waals surface area (Å²) in [6.45, 7) is 0.987. The van der Waals surface area contributed by atoms with Gasteiger partial charge in [-0.25, -0.2) is 4.98 Å². The van der Waals surface area contributed by atoms with Crippen molar-refractivity contribution >= 4 is 10.9 Å². The molecule has 0 atom stereocenters. The molecule has 0 spiro atoms. The third-order valence-corrected chi connectivity index (χ3v) is 6.43. The first-order valence-corrected chi connectivity index (χ1v) is 11.4. The van der Waals surface area contributed by atoms with E-state index in [0.29, 0.717) is 0 Å². The minimum atomic E-state index is 0.759. The topological polar surface area (TPSA) is 57.7 Å². The molecule has 0 radical (unpaired) electrons. The normalized spacial score (nSPS) is 13.6. The Hall–Kier alpha value is -3.83. The van der Waals surface area contributed by atoms with E-state index in [1.807, 2.05) is 24.5 Å². The van der Waals surface area contributed by atoms with Gasteiger partial charge >= 0.3 is 0 Å². The number of fused-ring (bicyclic) bond motifs is 1. The van der Waals surface area contributed by atoms with Crippen LogP contribution in [0.4, 0.5) is 0 Å². The fourth-order valence-electron chi connectivity index (χ4n) is 4.46. The van der Waals surface area contributed by atoms with E-state index in [0.717, 1.165) is 57.1 Å². The smallest absolute Gasteiger partial charge is 0.0827 e. The Balaban J connectivity index is 1.48. The van der Waals surface area contributed by atoms with Gasteiger partial charge in [-0.1, -0.05) is 54.6 Å². The number of nitrogens with one attached hydrogen (secondary N) is 1. The van der Waals surface area contributed by atoms with Gasteiger partial charge in [-0.3, -0.25) is 15.0 Å². The Morgan fingerprint density at radius 3 is 2.45 bits per heavy atom. The highest BCUT2D eigenvalue weighted by Crippen LogP contribution is 2.36. The molecule has 1 fully saturated rings. The largest absolute Gasteiger partial charge is 0.299 e. The third-order valence-electron chi connectivity index (χ3n) is 6.43. The molecule has 5 aromatic rings. The first-order valence-electron chi connectivity index (χ1n) is 11.4. The van der Waals surface area contributed by atoms with E-state index in [2.05, 4.69) is 81.7 Å². The van der Waals surface area contributed by atoms with E-state index < -0.39 is 0 Å². The van der Waals surface area contributed by atoms with Crippen molar-refractivity contribution in [3.05, 3.63) is 90.9 Å². The SMILES string of the molecule is CN(Cc1ccc(-c2nc3ccnc(-c4cn[nH]c4)c3cc2-c2ccccc2)cc1)C1CC1. The molecule has 0 aliphatic heterocycles. The Labute approximate surface area is 193 Å². The van der Waals surface area contributed by atoms with Crippen molar-refractivity contribution in [2.45, 2.75) is 25.4 Å². The number of aromatic amines is 1. The highest BCUT2D eigenvalue weighted by atomic mass is 15.1. The van der Waals surface area contributed by atoms with Crippen LogP contribution in [0.1, 0.15) is 18.4 Å². The van der Waals surface area contributed by atoms with Gasteiger partial charge in [0.05, 0.1) is 23.1 Å². The van der Waals surface area contributed by atoms with Gasteiger partial charge in [0.2, 0.25) is 0 Å². The summed E-state index contributed by atoms with van der Waals surface area (Å²) in [5, 5.41) is 8.02. The van der Waals surface area contributed by atoms with Crippen LogP contribution in [0.5, 0.6) is 0 Å². The van der Waals surface area contributed by atoms with Crippen LogP contribution in [0, 0.1) is 0 Å². The van der Waals surface area contributed by atoms with Crippen LogP contribution in [0.15, 0.2) is 85.3 Å². The molecule has 5 heteroatoms. The summed E-state index contributed by atoms with van der Waals surface area (Å²) >= 11 is 0. The minimum Gasteiger partial charge on any atom is -0.299 e. The van der Waals surface area contributed by atoms with Crippen LogP contribution < -0.4 is 0 Å². The number of rotatable bonds is 6. The lowest BCUT2D eigenvalue weighted by atomic mass is 9.96. The monoisotopic (exact) mass is 431 g/mol. The maximum absolute atomic E-state index is 5.14. The fourth-order valence-corrected chi connectivity index (χ4v) is 4.46. The van der Waals surface area contributed by atoms with Crippen molar-refractivity contribution in [1.29, 1.82) is 0 Å². The number of hydrogen-bond acceptors (Lipinski definition) is 4. The highest BCUT2D eigenvalue weighted by Gasteiger charge is 2.25. The molecule has 1 aliphatic carbocycles. The summed E-state index contributed by atoms with van der Waals surface area (Å²) in [6.07, 6.45) is 8.14. The van der Waals surface area contributed by atoms with Gasteiger partial charge in [0.1, 0.15) is 0 Å². The predicted molar refractivity (Wildman–Crippen MR) is 132 cm³/mol. The highest BCUT2D eigenvalue weighted by molar-refractivity contribution is 5.98. The van der Waals surface area contributed by atoms with Gasteiger partial charge in [0.15, 0.2) is 0 Å². The average molecular weight is 432 g/mol. The average Bonchev–Trinajstić information content (AvgIpc) is 3.58. The lowest BCUT2D eigenvalue weighted by Gasteiger charge is -2.16. The first kappa shape index (κ1) is 19.8. The van der Waals surface area contributed by atoms with E-state index >= 15 is 0 Å². The number of hydrogen-bond donors (Lipinski definition) is 1. The maximum Gasteiger partial charge on any atom is 0.0827 e. The molecule has 1 N–H and O–H groups in total. The van der Waals surface area contributed by atoms with Crippen molar-refractivity contribution in [2.75, 3.05) is 7.05 Å². The van der Waals surface area contributed by atoms with Gasteiger partial charge in [-0.05, 0) is 43.1 Å². The molecule has 5 nitrogen and oxygen atoms in total. The van der Waals surface area contributed by atoms with Crippen molar-refractivity contribution in [1.82, 2.24) is 25.1 Å². The molecule has 162 valence electrons. The van der Waals surface area contributed by atoms with Gasteiger partial charge in [0.25, 0.3) is 0 Å². The first-order chi connectivity index (χ1) is 16.3. The molecule has 6 rings (SSSR count). The van der Waals surface area contributed by atoms with Gasteiger partial charge in [-0.15, -0.1) is 0 Å². The quantitative estimate of drug-likeness (QED) is 0.361. The summed E-state index contributed by atoms with van der Waals surface area (Å²) < 4.78 is 0. The molecule has 2 aromatic carbocycles. The van der Waals surface area contributed by atoms with E-state index in [4.69, 9.17) is 4.98 Å². The van der Waals surface area contributed by atoms with Gasteiger partial charge in [0, 0.05) is 47.1 Å². The number of benzene rings is 2. The Morgan fingerprint density at radius 1 is 0.909 bits per heavy atom. The van der Waals surface area contributed by atoms with Crippen LogP contribution in [0.2, 0.25) is 0 Å². The zero-order chi connectivity index (χ0) is 22.2. The van der Waals surface area contributed by atoms with Crippen LogP contribution in [0.25, 0.3) is 44.5 Å². The molecule has 33 heavy (non-hydrogen) atoms. The van der Waals surface area contributed by atoms with Crippen LogP contribution in [0.3, 0.4) is 0 Å². The second-order valence-electron chi connectivity index (χ2n) is 8.81. The summed E-state index contributed by atoms with van der Waals surface area (Å²) in [7, 11) is 2.22. The standard InChI is InChI=1S/C28H25N5/c1-33(23-11-12-23)18-19-7-9-21(10-8-19)28-24(20-5-3-2-4-6-20)15-25-26(32-28)13-14-29-27(25)22-16-30-31-17-22/h2-10,13-17,23H,11-12,18H2,1H3,(H,30,31). The fraction of sp³-hybridized carbons (Fsp3) is 0.179. The van der Waals surface area contributed by atoms with E-state index in [-0.39, 0.29) is 0 Å². The van der Waals surface area contributed by atoms with Crippen LogP contribution >= 0.6 is 0 Å². The third kappa shape index (κ3) is 3.92. The molecule has 1 aliphatic rings. The molecule has 0 saturated heterocycles. The maximum atomic E-state index is 5.14. The predicted octanol–water partition coefficient (Wildman–Crippen LogP) is 5.95. The molecular weight excluding hydrogens is 406 g/mol. The number of H-pyrrole nitrogens is 1. The van der Waals surface area contributed by atoms with Gasteiger partial charge in [-0.2, -0.15) is 5.10 Å². The molecule has 1 saturated carbocycles. The Bertz CT molecular complexity index is 1390. The zero-order valence-electron chi connectivity index (χ0n) is 18.6. The summed E-state index contributed by atoms with van der Waals surface area (Å²) in [4.78, 5) is 12.2. The van der Waals surface area contributed by atoms with Crippen LogP contribution in [-0.2, 0) is 6.54 Å². The molecule has 0 bridgehead atoms. The van der Waals surface area contributed by atoms with Crippen molar-refractivity contribution in [2.24, 2.45) is 0 Å². The van der Waals surface area contributed by atoms with Crippen molar-refractivity contribution in [3.63, 3.8) is 0 Å². The summed E-state index contributed by atoms with van der Waals surface area (Å²) in [5.41, 5.74) is 8.45. The van der Waals surface area contributed by atoms with Crippen molar-refractivity contribution < 1.29 is 0 Å². The number of nitrogens with zero attached hydrogens (tertiary/aromatic N) is 4. The minimum absolute atomic E-state index is 0.759. The second-order valence-corrected chi connectivity index (χ2v) is 8.81. The Kier molecular flexibility index (Phi) is 4.96. The van der Waals surface area contributed by atoms with E-state index in [1.54, 1.807) is 6.20 Å². The summed E-state index contributed by atoms with van der Waals surface area (Å²) in [6, 6.07) is 24.3. The van der Waals surface area contributed by atoms with Crippen LogP contribution in [-0.4, -0.2) is 38.2 Å². The van der Waals surface area contributed by atoms with Crippen molar-refractivity contribution in [3.8, 4) is 33.6 Å². The molecule has 3 aromatic heterocycles. The van der Waals surface area contributed by atoms with E-state index in [9.17, 15) is 0 Å². The lowest BCUT2D eigenvalue weighted by molar-refractivity contribution is 0.316. The summed E-state index contributed by atoms with van der Waals surface area (Å²) in [5.74, 6) is 0. The molecule has 3 heterocycles. The molecule has 0 amide bonds. The number of pyridine rings is 2. The molecule has 0 unspecified atom stereocenters. The van der Waals surface area contributed by atoms with Gasteiger partial charge < -0.3 is 0 Å². The Morgan fingerprint density at radius 2 is 1.73 bits per heavy atom. The zero-order valence-corrected chi connectivity index (χ0v) is 18.6.